The number of hydrazone groups is 1. The van der Waals surface area contributed by atoms with E-state index in [4.69, 9.17) is 27.9 Å². The van der Waals surface area contributed by atoms with Crippen molar-refractivity contribution in [2.45, 2.75) is 9.73 Å². The molecule has 0 saturated heterocycles. The van der Waals surface area contributed by atoms with E-state index in [1.165, 1.54) is 31.4 Å². The summed E-state index contributed by atoms with van der Waals surface area (Å²) >= 11 is 11.1. The Bertz CT molecular complexity index is 867. The molecule has 0 heterocycles. The number of ketones is 1. The van der Waals surface area contributed by atoms with Crippen molar-refractivity contribution < 1.29 is 17.9 Å². The first-order valence-electron chi connectivity index (χ1n) is 6.96. The quantitative estimate of drug-likeness (QED) is 0.348. The molecule has 0 fully saturated rings. The molecule has 1 N–H and O–H groups in total. The maximum absolute atomic E-state index is 12.7. The smallest absolute Gasteiger partial charge is 0.229 e. The van der Waals surface area contributed by atoms with Crippen molar-refractivity contribution in [3.8, 4) is 5.75 Å². The molecular formula is C16H14Cl2N2O4S. The molecule has 0 saturated carbocycles. The SMILES string of the molecule is COc1ccc(N/N=C(\C(=O)C(Cl)Cl)S(=O)(=O)c2ccccc2)cc1. The van der Waals surface area contributed by atoms with E-state index < -0.39 is 25.5 Å². The molecule has 0 spiro atoms. The minimum atomic E-state index is -4.18. The number of anilines is 1. The van der Waals surface area contributed by atoms with Gasteiger partial charge in [0.2, 0.25) is 20.7 Å². The fourth-order valence-electron chi connectivity index (χ4n) is 1.83. The molecule has 25 heavy (non-hydrogen) atoms. The number of Topliss-reactive ketones (excluding diaryl/α,β-unsaturated/α-hetero) is 1. The third-order valence-electron chi connectivity index (χ3n) is 3.09. The van der Waals surface area contributed by atoms with Crippen LogP contribution in [-0.2, 0) is 14.6 Å². The summed E-state index contributed by atoms with van der Waals surface area (Å²) in [5, 5.41) is 2.96. The Balaban J connectivity index is 2.40. The van der Waals surface area contributed by atoms with Crippen LogP contribution in [0.2, 0.25) is 0 Å². The Morgan fingerprint density at radius 3 is 2.20 bits per heavy atom. The van der Waals surface area contributed by atoms with Gasteiger partial charge < -0.3 is 4.74 Å². The zero-order valence-electron chi connectivity index (χ0n) is 13.0. The van der Waals surface area contributed by atoms with Crippen molar-refractivity contribution in [3.63, 3.8) is 0 Å². The second kappa shape index (κ2) is 8.33. The van der Waals surface area contributed by atoms with Crippen LogP contribution in [0.1, 0.15) is 0 Å². The summed E-state index contributed by atoms with van der Waals surface area (Å²) < 4.78 is 30.4. The molecule has 2 aromatic rings. The number of alkyl halides is 2. The van der Waals surface area contributed by atoms with Crippen LogP contribution in [-0.4, -0.2) is 31.2 Å². The van der Waals surface area contributed by atoms with Gasteiger partial charge in [-0.15, -0.1) is 0 Å². The molecule has 2 rings (SSSR count). The van der Waals surface area contributed by atoms with Gasteiger partial charge in [0.1, 0.15) is 5.75 Å². The Morgan fingerprint density at radius 2 is 1.68 bits per heavy atom. The van der Waals surface area contributed by atoms with E-state index in [9.17, 15) is 13.2 Å². The van der Waals surface area contributed by atoms with Crippen molar-refractivity contribution in [1.82, 2.24) is 0 Å². The molecule has 0 amide bonds. The van der Waals surface area contributed by atoms with Crippen molar-refractivity contribution >= 4 is 49.6 Å². The lowest BCUT2D eigenvalue weighted by Crippen LogP contribution is -2.30. The van der Waals surface area contributed by atoms with E-state index in [1.807, 2.05) is 0 Å². The molecule has 0 aliphatic heterocycles. The van der Waals surface area contributed by atoms with E-state index >= 15 is 0 Å². The summed E-state index contributed by atoms with van der Waals surface area (Å²) in [6.45, 7) is 0. The van der Waals surface area contributed by atoms with Crippen LogP contribution in [0.4, 0.5) is 5.69 Å². The molecule has 9 heteroatoms. The number of ether oxygens (including phenoxy) is 1. The average molecular weight is 401 g/mol. The molecule has 0 aliphatic rings. The highest BCUT2D eigenvalue weighted by molar-refractivity contribution is 8.08. The topological polar surface area (TPSA) is 84.8 Å². The average Bonchev–Trinajstić information content (AvgIpc) is 2.62. The van der Waals surface area contributed by atoms with Crippen molar-refractivity contribution in [2.75, 3.05) is 12.5 Å². The molecule has 0 bridgehead atoms. The van der Waals surface area contributed by atoms with Crippen molar-refractivity contribution in [1.29, 1.82) is 0 Å². The van der Waals surface area contributed by atoms with Gasteiger partial charge in [-0.25, -0.2) is 8.42 Å². The molecule has 2 aromatic carbocycles. The van der Waals surface area contributed by atoms with Crippen LogP contribution in [0.25, 0.3) is 0 Å². The molecule has 6 nitrogen and oxygen atoms in total. The van der Waals surface area contributed by atoms with Gasteiger partial charge in [0.15, 0.2) is 4.84 Å². The zero-order valence-corrected chi connectivity index (χ0v) is 15.3. The van der Waals surface area contributed by atoms with Crippen LogP contribution in [0, 0.1) is 0 Å². The number of rotatable bonds is 6. The van der Waals surface area contributed by atoms with Crippen LogP contribution in [0.3, 0.4) is 0 Å². The van der Waals surface area contributed by atoms with E-state index in [2.05, 4.69) is 10.5 Å². The minimum absolute atomic E-state index is 0.0902. The lowest BCUT2D eigenvalue weighted by Gasteiger charge is -2.09. The van der Waals surface area contributed by atoms with Gasteiger partial charge in [-0.2, -0.15) is 5.10 Å². The van der Waals surface area contributed by atoms with Gasteiger partial charge in [0, 0.05) is 0 Å². The summed E-state index contributed by atoms with van der Waals surface area (Å²) in [7, 11) is -2.67. The summed E-state index contributed by atoms with van der Waals surface area (Å²) in [5.41, 5.74) is 2.98. The predicted octanol–water partition coefficient (Wildman–Crippen LogP) is 3.27. The molecule has 0 aliphatic carbocycles. The number of hydrogen-bond acceptors (Lipinski definition) is 6. The summed E-state index contributed by atoms with van der Waals surface area (Å²) in [5.74, 6) is -0.405. The van der Waals surface area contributed by atoms with E-state index in [1.54, 1.807) is 30.3 Å². The maximum atomic E-state index is 12.7. The number of methoxy groups -OCH3 is 1. The lowest BCUT2D eigenvalue weighted by atomic mass is 10.3. The van der Waals surface area contributed by atoms with Crippen LogP contribution >= 0.6 is 23.2 Å². The largest absolute Gasteiger partial charge is 0.497 e. The van der Waals surface area contributed by atoms with Crippen LogP contribution < -0.4 is 10.2 Å². The zero-order chi connectivity index (χ0) is 18.4. The normalized spacial score (nSPS) is 12.1. The third-order valence-corrected chi connectivity index (χ3v) is 5.18. The number of hydrogen-bond donors (Lipinski definition) is 1. The maximum Gasteiger partial charge on any atom is 0.229 e. The standard InChI is InChI=1S/C16H14Cl2N2O4S/c1-24-12-9-7-11(8-10-12)19-20-16(14(21)15(17)18)25(22,23)13-5-3-2-4-6-13/h2-10,15,19H,1H3/b20-16+. The highest BCUT2D eigenvalue weighted by atomic mass is 35.5. The van der Waals surface area contributed by atoms with E-state index in [-0.39, 0.29) is 4.90 Å². The number of carbonyl (C=O) groups excluding carboxylic acids is 1. The monoisotopic (exact) mass is 400 g/mol. The van der Waals surface area contributed by atoms with Crippen molar-refractivity contribution in [3.05, 3.63) is 54.6 Å². The predicted molar refractivity (Wildman–Crippen MR) is 98.2 cm³/mol. The number of sulfone groups is 1. The molecule has 0 aromatic heterocycles. The molecule has 0 atom stereocenters. The van der Waals surface area contributed by atoms with Crippen LogP contribution in [0.5, 0.6) is 5.75 Å². The summed E-state index contributed by atoms with van der Waals surface area (Å²) in [6.07, 6.45) is 0. The summed E-state index contributed by atoms with van der Waals surface area (Å²) in [4.78, 5) is 10.5. The van der Waals surface area contributed by atoms with E-state index in [0.29, 0.717) is 11.4 Å². The van der Waals surface area contributed by atoms with Gasteiger partial charge in [-0.3, -0.25) is 10.2 Å². The Kier molecular flexibility index (Phi) is 6.41. The highest BCUT2D eigenvalue weighted by Gasteiger charge is 2.32. The fourth-order valence-corrected chi connectivity index (χ4v) is 3.46. The number of benzene rings is 2. The number of halogens is 2. The fraction of sp³-hybridized carbons (Fsp3) is 0.125. The lowest BCUT2D eigenvalue weighted by molar-refractivity contribution is -0.111. The Morgan fingerprint density at radius 1 is 1.08 bits per heavy atom. The van der Waals surface area contributed by atoms with E-state index in [0.717, 1.165) is 0 Å². The molecule has 0 radical (unpaired) electrons. The Labute approximate surface area is 155 Å². The number of nitrogens with one attached hydrogen (secondary N) is 1. The first-order valence-corrected chi connectivity index (χ1v) is 9.32. The highest BCUT2D eigenvalue weighted by Crippen LogP contribution is 2.18. The second-order valence-electron chi connectivity index (χ2n) is 4.74. The minimum Gasteiger partial charge on any atom is -0.497 e. The number of carbonyl (C=O) groups is 1. The van der Waals surface area contributed by atoms with Gasteiger partial charge in [0.05, 0.1) is 17.7 Å². The molecular weight excluding hydrogens is 387 g/mol. The van der Waals surface area contributed by atoms with Crippen LogP contribution in [0.15, 0.2) is 64.6 Å². The van der Waals surface area contributed by atoms with Crippen molar-refractivity contribution in [2.24, 2.45) is 5.10 Å². The first kappa shape index (κ1) is 19.2. The van der Waals surface area contributed by atoms with Gasteiger partial charge in [0.25, 0.3) is 0 Å². The third kappa shape index (κ3) is 4.72. The first-order chi connectivity index (χ1) is 11.9. The second-order valence-corrected chi connectivity index (χ2v) is 7.70. The van der Waals surface area contributed by atoms with Gasteiger partial charge in [-0.05, 0) is 36.4 Å². The number of nitrogens with zero attached hydrogens (tertiary/aromatic N) is 1. The van der Waals surface area contributed by atoms with Gasteiger partial charge >= 0.3 is 0 Å². The molecule has 0 unspecified atom stereocenters. The Hall–Kier alpha value is -2.09. The summed E-state index contributed by atoms with van der Waals surface area (Å²) in [6, 6.07) is 13.9. The molecule has 132 valence electrons. The van der Waals surface area contributed by atoms with Gasteiger partial charge in [-0.1, -0.05) is 41.4 Å².